The van der Waals surface area contributed by atoms with Crippen LogP contribution < -0.4 is 10.1 Å². The van der Waals surface area contributed by atoms with Gasteiger partial charge in [-0.1, -0.05) is 41.4 Å². The molecular formula is C26H27Cl2N3O2. The van der Waals surface area contributed by atoms with E-state index in [2.05, 4.69) is 10.3 Å². The smallest absolute Gasteiger partial charge is 0.226 e. The summed E-state index contributed by atoms with van der Waals surface area (Å²) in [5, 5.41) is 4.65. The van der Waals surface area contributed by atoms with Gasteiger partial charge in [0.1, 0.15) is 12.4 Å². The third-order valence-corrected chi connectivity index (χ3v) is 6.36. The molecule has 0 unspecified atom stereocenters. The maximum absolute atomic E-state index is 13.8. The first-order valence-electron chi connectivity index (χ1n) is 11.2. The molecule has 1 atom stereocenters. The average Bonchev–Trinajstić information content (AvgIpc) is 2.86. The summed E-state index contributed by atoms with van der Waals surface area (Å²) in [4.78, 5) is 20.3. The lowest BCUT2D eigenvalue weighted by molar-refractivity contribution is -0.138. The van der Waals surface area contributed by atoms with Crippen LogP contribution in [0.3, 0.4) is 0 Å². The van der Waals surface area contributed by atoms with Gasteiger partial charge in [-0.2, -0.15) is 0 Å². The number of halogens is 2. The van der Waals surface area contributed by atoms with Crippen LogP contribution in [-0.2, 0) is 4.79 Å². The minimum Gasteiger partial charge on any atom is -0.492 e. The molecule has 0 aliphatic carbocycles. The van der Waals surface area contributed by atoms with Crippen molar-refractivity contribution in [1.82, 2.24) is 15.2 Å². The van der Waals surface area contributed by atoms with E-state index in [9.17, 15) is 4.79 Å². The third kappa shape index (κ3) is 6.26. The topological polar surface area (TPSA) is 54.5 Å². The number of aromatic nitrogens is 1. The Balaban J connectivity index is 1.63. The van der Waals surface area contributed by atoms with Crippen LogP contribution in [0.25, 0.3) is 0 Å². The molecule has 1 aliphatic rings. The van der Waals surface area contributed by atoms with E-state index in [4.69, 9.17) is 27.9 Å². The van der Waals surface area contributed by atoms with Crippen LogP contribution >= 0.6 is 23.2 Å². The molecule has 3 aromatic rings. The fourth-order valence-electron chi connectivity index (χ4n) is 4.16. The Hall–Kier alpha value is -2.60. The van der Waals surface area contributed by atoms with E-state index in [1.54, 1.807) is 18.3 Å². The normalized spacial score (nSPS) is 15.1. The van der Waals surface area contributed by atoms with E-state index in [1.807, 2.05) is 59.5 Å². The van der Waals surface area contributed by atoms with Crippen molar-refractivity contribution < 1.29 is 9.53 Å². The fraction of sp³-hybridized carbons (Fsp3) is 0.308. The Labute approximate surface area is 204 Å². The molecule has 2 aromatic carbocycles. The summed E-state index contributed by atoms with van der Waals surface area (Å²) in [5.74, 6) is 0.816. The molecule has 1 saturated heterocycles. The lowest BCUT2D eigenvalue weighted by atomic mass is 9.93. The van der Waals surface area contributed by atoms with E-state index in [0.717, 1.165) is 42.9 Å². The van der Waals surface area contributed by atoms with E-state index in [1.165, 1.54) is 0 Å². The molecule has 1 fully saturated rings. The van der Waals surface area contributed by atoms with Gasteiger partial charge < -0.3 is 15.0 Å². The first-order chi connectivity index (χ1) is 16.1. The van der Waals surface area contributed by atoms with Gasteiger partial charge in [-0.25, -0.2) is 0 Å². The lowest BCUT2D eigenvalue weighted by Crippen LogP contribution is -2.45. The van der Waals surface area contributed by atoms with Gasteiger partial charge in [-0.05, 0) is 80.0 Å². The van der Waals surface area contributed by atoms with Crippen molar-refractivity contribution in [3.8, 4) is 5.75 Å². The van der Waals surface area contributed by atoms with Gasteiger partial charge in [-0.3, -0.25) is 9.78 Å². The minimum atomic E-state index is -0.334. The minimum absolute atomic E-state index is 0.0275. The van der Waals surface area contributed by atoms with Gasteiger partial charge in [-0.15, -0.1) is 0 Å². The molecule has 5 nitrogen and oxygen atoms in total. The van der Waals surface area contributed by atoms with E-state index >= 15 is 0 Å². The van der Waals surface area contributed by atoms with Crippen molar-refractivity contribution in [3.05, 3.63) is 94.2 Å². The van der Waals surface area contributed by atoms with E-state index in [-0.39, 0.29) is 17.9 Å². The molecule has 33 heavy (non-hydrogen) atoms. The lowest BCUT2D eigenvalue weighted by Gasteiger charge is -2.35. The predicted octanol–water partition coefficient (Wildman–Crippen LogP) is 5.39. The zero-order valence-electron chi connectivity index (χ0n) is 18.3. The largest absolute Gasteiger partial charge is 0.492 e. The molecule has 2 heterocycles. The van der Waals surface area contributed by atoms with Crippen LogP contribution in [0.5, 0.6) is 5.75 Å². The molecule has 1 amide bonds. The van der Waals surface area contributed by atoms with Crippen molar-refractivity contribution in [1.29, 1.82) is 0 Å². The summed E-state index contributed by atoms with van der Waals surface area (Å²) < 4.78 is 5.96. The first-order valence-corrected chi connectivity index (χ1v) is 11.9. The number of rotatable bonds is 8. The van der Waals surface area contributed by atoms with Crippen LogP contribution in [-0.4, -0.2) is 42.0 Å². The van der Waals surface area contributed by atoms with Gasteiger partial charge >= 0.3 is 0 Å². The van der Waals surface area contributed by atoms with Crippen LogP contribution in [0.2, 0.25) is 10.0 Å². The van der Waals surface area contributed by atoms with E-state index < -0.39 is 0 Å². The highest BCUT2D eigenvalue weighted by Crippen LogP contribution is 2.31. The van der Waals surface area contributed by atoms with Crippen molar-refractivity contribution in [2.24, 2.45) is 5.92 Å². The SMILES string of the molecule is O=C(C1CCNCC1)N(CCOc1ccc(Cl)cc1)[C@@H](c1ccc(Cl)cc1)c1ccccn1. The monoisotopic (exact) mass is 483 g/mol. The predicted molar refractivity (Wildman–Crippen MR) is 132 cm³/mol. The maximum Gasteiger partial charge on any atom is 0.226 e. The molecule has 172 valence electrons. The second-order valence-corrected chi connectivity index (χ2v) is 8.94. The number of nitrogens with zero attached hydrogens (tertiary/aromatic N) is 2. The number of piperidine rings is 1. The Morgan fingerprint density at radius 3 is 2.30 bits per heavy atom. The Bertz CT molecular complexity index is 1020. The summed E-state index contributed by atoms with van der Waals surface area (Å²) >= 11 is 12.1. The Morgan fingerprint density at radius 2 is 1.67 bits per heavy atom. The number of hydrogen-bond acceptors (Lipinski definition) is 4. The molecule has 0 spiro atoms. The fourth-order valence-corrected chi connectivity index (χ4v) is 4.41. The average molecular weight is 484 g/mol. The van der Waals surface area contributed by atoms with Crippen molar-refractivity contribution in [2.45, 2.75) is 18.9 Å². The molecular weight excluding hydrogens is 457 g/mol. The molecule has 1 N–H and O–H groups in total. The van der Waals surface area contributed by atoms with Gasteiger partial charge in [0.05, 0.1) is 18.3 Å². The number of nitrogens with one attached hydrogen (secondary N) is 1. The van der Waals surface area contributed by atoms with Gasteiger partial charge in [0, 0.05) is 22.2 Å². The van der Waals surface area contributed by atoms with Crippen LogP contribution in [0.4, 0.5) is 0 Å². The summed E-state index contributed by atoms with van der Waals surface area (Å²) in [7, 11) is 0. The second kappa shape index (κ2) is 11.5. The summed E-state index contributed by atoms with van der Waals surface area (Å²) in [6, 6.07) is 20.3. The molecule has 7 heteroatoms. The molecule has 1 aliphatic heterocycles. The number of carbonyl (C=O) groups is 1. The molecule has 0 radical (unpaired) electrons. The highest BCUT2D eigenvalue weighted by Gasteiger charge is 2.33. The van der Waals surface area contributed by atoms with Crippen molar-refractivity contribution in [3.63, 3.8) is 0 Å². The number of ether oxygens (including phenoxy) is 1. The van der Waals surface area contributed by atoms with E-state index in [0.29, 0.717) is 23.2 Å². The molecule has 0 bridgehead atoms. The summed E-state index contributed by atoms with van der Waals surface area (Å²) in [6.07, 6.45) is 3.40. The standard InChI is InChI=1S/C26H27Cl2N3O2/c27-21-6-4-19(5-7-21)25(24-3-1-2-14-30-24)31(26(32)20-12-15-29-16-13-20)17-18-33-23-10-8-22(28)9-11-23/h1-11,14,20,25,29H,12-13,15-18H2/t25-/m0/s1. The van der Waals surface area contributed by atoms with Crippen molar-refractivity contribution >= 4 is 29.1 Å². The highest BCUT2D eigenvalue weighted by molar-refractivity contribution is 6.30. The second-order valence-electron chi connectivity index (χ2n) is 8.07. The number of carbonyl (C=O) groups excluding carboxylic acids is 1. The zero-order chi connectivity index (χ0) is 23.0. The Kier molecular flexibility index (Phi) is 8.21. The molecule has 4 rings (SSSR count). The molecule has 0 saturated carbocycles. The number of hydrogen-bond donors (Lipinski definition) is 1. The number of amides is 1. The summed E-state index contributed by atoms with van der Waals surface area (Å²) in [5.41, 5.74) is 1.78. The maximum atomic E-state index is 13.8. The number of benzene rings is 2. The van der Waals surface area contributed by atoms with Crippen LogP contribution in [0.1, 0.15) is 30.1 Å². The highest BCUT2D eigenvalue weighted by atomic mass is 35.5. The quantitative estimate of drug-likeness (QED) is 0.466. The van der Waals surface area contributed by atoms with Gasteiger partial charge in [0.2, 0.25) is 5.91 Å². The zero-order valence-corrected chi connectivity index (χ0v) is 19.8. The summed E-state index contributed by atoms with van der Waals surface area (Å²) in [6.45, 7) is 2.48. The third-order valence-electron chi connectivity index (χ3n) is 5.85. The van der Waals surface area contributed by atoms with Gasteiger partial charge in [0.25, 0.3) is 0 Å². The molecule has 1 aromatic heterocycles. The number of pyridine rings is 1. The van der Waals surface area contributed by atoms with Gasteiger partial charge in [0.15, 0.2) is 0 Å². The van der Waals surface area contributed by atoms with Crippen molar-refractivity contribution in [2.75, 3.05) is 26.2 Å². The first kappa shape index (κ1) is 23.6. The van der Waals surface area contributed by atoms with Crippen LogP contribution in [0, 0.1) is 5.92 Å². The van der Waals surface area contributed by atoms with Crippen LogP contribution in [0.15, 0.2) is 72.9 Å². The Morgan fingerprint density at radius 1 is 1.00 bits per heavy atom.